The van der Waals surface area contributed by atoms with Gasteiger partial charge in [0.05, 0.1) is 31.9 Å². The minimum absolute atomic E-state index is 0. The van der Waals surface area contributed by atoms with E-state index >= 15 is 0 Å². The van der Waals surface area contributed by atoms with Crippen LogP contribution in [0.2, 0.25) is 0 Å². The molecule has 0 spiro atoms. The summed E-state index contributed by atoms with van der Waals surface area (Å²) < 4.78 is 21.1. The molecule has 2 saturated heterocycles. The Bertz CT molecular complexity index is 828. The van der Waals surface area contributed by atoms with Crippen LogP contribution in [0.15, 0.2) is 48.5 Å². The number of amides is 1. The molecule has 2 aliphatic heterocycles. The van der Waals surface area contributed by atoms with Crippen LogP contribution in [0.25, 0.3) is 11.1 Å². The molecule has 6 heteroatoms. The molecule has 2 aromatic carbocycles. The number of nitrogens with zero attached hydrogens (tertiary/aromatic N) is 1. The molecule has 150 valence electrons. The summed E-state index contributed by atoms with van der Waals surface area (Å²) in [5.41, 5.74) is 1.67. The Kier molecular flexibility index (Phi) is 6.10. The summed E-state index contributed by atoms with van der Waals surface area (Å²) in [6.45, 7) is 0. The third kappa shape index (κ3) is 3.94. The average Bonchev–Trinajstić information content (AvgIpc) is 2.82. The Morgan fingerprint density at radius 3 is 2.32 bits per heavy atom. The van der Waals surface area contributed by atoms with Gasteiger partial charge in [-0.1, -0.05) is 42.5 Å². The summed E-state index contributed by atoms with van der Waals surface area (Å²) in [6.07, 6.45) is 3.45. The molecule has 3 atom stereocenters. The number of nitrogens with one attached hydrogen (secondary N) is 1. The van der Waals surface area contributed by atoms with E-state index in [0.717, 1.165) is 22.9 Å². The lowest BCUT2D eigenvalue weighted by Gasteiger charge is -2.43. The first-order valence-electron chi connectivity index (χ1n) is 9.60. The Balaban J connectivity index is 0.00000225. The molecule has 0 aliphatic carbocycles. The minimum Gasteiger partial charge on any atom is -1.00 e. The van der Waals surface area contributed by atoms with Crippen molar-refractivity contribution in [2.75, 3.05) is 19.4 Å². The maximum Gasteiger partial charge on any atom is 0.412 e. The molecule has 0 saturated carbocycles. The van der Waals surface area contributed by atoms with Gasteiger partial charge in [-0.15, -0.1) is 0 Å². The lowest BCUT2D eigenvalue weighted by molar-refractivity contribution is -0.931. The summed E-state index contributed by atoms with van der Waals surface area (Å²) in [5.74, 6) is -0.463. The summed E-state index contributed by atoms with van der Waals surface area (Å²) >= 11 is 0. The van der Waals surface area contributed by atoms with Crippen LogP contribution in [-0.4, -0.2) is 42.9 Å². The topological polar surface area (TPSA) is 38.3 Å². The van der Waals surface area contributed by atoms with Gasteiger partial charge in [0.15, 0.2) is 0 Å². The maximum atomic E-state index is 14.4. The SMILES string of the molecule is C[N+]1(C)[C@@H]2CC[C@H]1C[C@@H](OC(=O)Nc1c(F)cccc1-c1ccccc1)C2.[Br-]. The van der Waals surface area contributed by atoms with Gasteiger partial charge >= 0.3 is 6.09 Å². The predicted octanol–water partition coefficient (Wildman–Crippen LogP) is 1.81. The standard InChI is InChI=1S/C22H25FN2O2.BrH/c1-25(2)16-11-12-17(25)14-18(13-16)27-22(26)24-21-19(9-6-10-20(21)23)15-7-4-3-5-8-15;/h3-10,16-18H,11-14H2,1-2H3;1H/t16-,17+,18+;. The molecular weight excluding hydrogens is 423 g/mol. The van der Waals surface area contributed by atoms with Crippen molar-refractivity contribution in [1.82, 2.24) is 0 Å². The molecular formula is C22H26BrFN2O2. The largest absolute Gasteiger partial charge is 1.00 e. The number of carbonyl (C=O) groups excluding carboxylic acids is 1. The number of fused-ring (bicyclic) bond motifs is 2. The number of carbonyl (C=O) groups is 1. The first kappa shape index (κ1) is 20.8. The van der Waals surface area contributed by atoms with E-state index in [2.05, 4.69) is 19.4 Å². The van der Waals surface area contributed by atoms with Crippen LogP contribution in [0.5, 0.6) is 0 Å². The Morgan fingerprint density at radius 2 is 1.68 bits per heavy atom. The first-order chi connectivity index (χ1) is 12.9. The molecule has 2 aromatic rings. The van der Waals surface area contributed by atoms with Crippen LogP contribution in [0, 0.1) is 5.82 Å². The molecule has 1 N–H and O–H groups in total. The molecule has 4 rings (SSSR count). The van der Waals surface area contributed by atoms with Crippen molar-refractivity contribution in [2.45, 2.75) is 43.9 Å². The van der Waals surface area contributed by atoms with Crippen molar-refractivity contribution >= 4 is 11.8 Å². The molecule has 2 bridgehead atoms. The minimum atomic E-state index is -0.575. The number of hydrogen-bond acceptors (Lipinski definition) is 2. The zero-order valence-corrected chi connectivity index (χ0v) is 17.8. The molecule has 0 unspecified atom stereocenters. The Morgan fingerprint density at radius 1 is 1.04 bits per heavy atom. The van der Waals surface area contributed by atoms with Crippen molar-refractivity contribution < 1.29 is 35.4 Å². The van der Waals surface area contributed by atoms with Crippen molar-refractivity contribution in [2.24, 2.45) is 0 Å². The van der Waals surface area contributed by atoms with Gasteiger partial charge in [-0.3, -0.25) is 5.32 Å². The van der Waals surface area contributed by atoms with Crippen LogP contribution >= 0.6 is 0 Å². The number of anilines is 1. The number of halogens is 2. The van der Waals surface area contributed by atoms with Gasteiger partial charge in [0, 0.05) is 31.2 Å². The molecule has 2 fully saturated rings. The van der Waals surface area contributed by atoms with E-state index in [-0.39, 0.29) is 28.8 Å². The van der Waals surface area contributed by atoms with E-state index in [0.29, 0.717) is 17.6 Å². The van der Waals surface area contributed by atoms with E-state index in [4.69, 9.17) is 4.74 Å². The van der Waals surface area contributed by atoms with Gasteiger partial charge in [0.2, 0.25) is 0 Å². The second-order valence-corrected chi connectivity index (χ2v) is 8.17. The Labute approximate surface area is 176 Å². The van der Waals surface area contributed by atoms with Gasteiger partial charge in [-0.05, 0) is 11.6 Å². The molecule has 4 nitrogen and oxygen atoms in total. The van der Waals surface area contributed by atoms with Crippen LogP contribution in [0.4, 0.5) is 14.9 Å². The van der Waals surface area contributed by atoms with Crippen LogP contribution in [-0.2, 0) is 4.74 Å². The fourth-order valence-electron chi connectivity index (χ4n) is 4.72. The zero-order chi connectivity index (χ0) is 19.0. The summed E-state index contributed by atoms with van der Waals surface area (Å²) in [6, 6.07) is 15.3. The zero-order valence-electron chi connectivity index (χ0n) is 16.2. The van der Waals surface area contributed by atoms with Gasteiger partial charge < -0.3 is 26.2 Å². The van der Waals surface area contributed by atoms with Crippen LogP contribution in [0.1, 0.15) is 25.7 Å². The number of ether oxygens (including phenoxy) is 1. The van der Waals surface area contributed by atoms with Crippen molar-refractivity contribution in [1.29, 1.82) is 0 Å². The highest BCUT2D eigenvalue weighted by Gasteiger charge is 2.49. The molecule has 0 aromatic heterocycles. The number of hydrogen-bond donors (Lipinski definition) is 1. The highest BCUT2D eigenvalue weighted by molar-refractivity contribution is 5.91. The lowest BCUT2D eigenvalue weighted by atomic mass is 9.98. The normalized spacial score (nSPS) is 24.9. The Hall–Kier alpha value is -1.92. The summed E-state index contributed by atoms with van der Waals surface area (Å²) in [5, 5.41) is 2.65. The third-order valence-electron chi connectivity index (χ3n) is 6.38. The van der Waals surface area contributed by atoms with Gasteiger partial charge in [-0.2, -0.15) is 0 Å². The number of para-hydroxylation sites is 1. The maximum absolute atomic E-state index is 14.4. The second kappa shape index (κ2) is 8.21. The highest BCUT2D eigenvalue weighted by atomic mass is 79.9. The highest BCUT2D eigenvalue weighted by Crippen LogP contribution is 2.40. The van der Waals surface area contributed by atoms with Crippen molar-refractivity contribution in [3.8, 4) is 11.1 Å². The van der Waals surface area contributed by atoms with Gasteiger partial charge in [0.25, 0.3) is 0 Å². The second-order valence-electron chi connectivity index (χ2n) is 8.17. The number of benzene rings is 2. The van der Waals surface area contributed by atoms with Gasteiger partial charge in [0.1, 0.15) is 11.9 Å². The van der Waals surface area contributed by atoms with Crippen molar-refractivity contribution in [3.63, 3.8) is 0 Å². The van der Waals surface area contributed by atoms with E-state index in [9.17, 15) is 9.18 Å². The number of piperidine rings is 1. The van der Waals surface area contributed by atoms with E-state index in [1.54, 1.807) is 12.1 Å². The van der Waals surface area contributed by atoms with Gasteiger partial charge in [-0.25, -0.2) is 9.18 Å². The van der Waals surface area contributed by atoms with Crippen LogP contribution in [0.3, 0.4) is 0 Å². The van der Waals surface area contributed by atoms with E-state index in [1.807, 2.05) is 30.3 Å². The fraction of sp³-hybridized carbons (Fsp3) is 0.409. The average molecular weight is 449 g/mol. The first-order valence-corrected chi connectivity index (χ1v) is 9.60. The third-order valence-corrected chi connectivity index (χ3v) is 6.38. The number of quaternary nitrogens is 1. The predicted molar refractivity (Wildman–Crippen MR) is 104 cm³/mol. The molecule has 1 amide bonds. The monoisotopic (exact) mass is 448 g/mol. The van der Waals surface area contributed by atoms with E-state index in [1.165, 1.54) is 18.9 Å². The molecule has 0 radical (unpaired) electrons. The summed E-state index contributed by atoms with van der Waals surface area (Å²) in [4.78, 5) is 12.5. The molecule has 2 heterocycles. The van der Waals surface area contributed by atoms with E-state index < -0.39 is 11.9 Å². The molecule has 28 heavy (non-hydrogen) atoms. The summed E-state index contributed by atoms with van der Waals surface area (Å²) in [7, 11) is 4.54. The quantitative estimate of drug-likeness (QED) is 0.727. The number of rotatable bonds is 3. The smallest absolute Gasteiger partial charge is 0.412 e. The fourth-order valence-corrected chi connectivity index (χ4v) is 4.72. The van der Waals surface area contributed by atoms with Crippen LogP contribution < -0.4 is 22.3 Å². The molecule has 2 aliphatic rings. The lowest BCUT2D eigenvalue weighted by Crippen LogP contribution is -3.00. The van der Waals surface area contributed by atoms with Crippen molar-refractivity contribution in [3.05, 3.63) is 54.3 Å².